The van der Waals surface area contributed by atoms with Crippen LogP contribution in [0.25, 0.3) is 0 Å². The Morgan fingerprint density at radius 2 is 1.70 bits per heavy atom. The zero-order chi connectivity index (χ0) is 14.5. The Labute approximate surface area is 124 Å². The van der Waals surface area contributed by atoms with E-state index in [4.69, 9.17) is 0 Å². The smallest absolute Gasteiger partial charge is 0.0237 e. The van der Waals surface area contributed by atoms with Gasteiger partial charge in [-0.3, -0.25) is 4.90 Å². The van der Waals surface area contributed by atoms with Gasteiger partial charge in [-0.25, -0.2) is 0 Å². The van der Waals surface area contributed by atoms with Gasteiger partial charge in [0, 0.05) is 19.1 Å². The molecule has 0 saturated carbocycles. The molecule has 0 amide bonds. The Morgan fingerprint density at radius 1 is 1.10 bits per heavy atom. The molecule has 0 aromatic heterocycles. The van der Waals surface area contributed by atoms with Gasteiger partial charge >= 0.3 is 0 Å². The molecule has 2 heteroatoms. The van der Waals surface area contributed by atoms with Crippen molar-refractivity contribution < 1.29 is 0 Å². The highest BCUT2D eigenvalue weighted by Crippen LogP contribution is 2.19. The molecule has 20 heavy (non-hydrogen) atoms. The fourth-order valence-electron chi connectivity index (χ4n) is 3.38. The number of nitrogens with one attached hydrogen (secondary N) is 1. The maximum Gasteiger partial charge on any atom is 0.0237 e. The van der Waals surface area contributed by atoms with Crippen LogP contribution >= 0.6 is 0 Å². The van der Waals surface area contributed by atoms with Crippen LogP contribution in [0.3, 0.4) is 0 Å². The van der Waals surface area contributed by atoms with Crippen molar-refractivity contribution in [2.45, 2.75) is 53.1 Å². The van der Waals surface area contributed by atoms with Gasteiger partial charge in [0.1, 0.15) is 0 Å². The highest BCUT2D eigenvalue weighted by atomic mass is 15.2. The van der Waals surface area contributed by atoms with Crippen LogP contribution in [0.15, 0.2) is 18.2 Å². The molecular weight excluding hydrogens is 244 g/mol. The highest BCUT2D eigenvalue weighted by Gasteiger charge is 2.21. The van der Waals surface area contributed by atoms with Gasteiger partial charge in [-0.2, -0.15) is 0 Å². The second kappa shape index (κ2) is 7.24. The quantitative estimate of drug-likeness (QED) is 0.884. The second-order valence-corrected chi connectivity index (χ2v) is 6.80. The molecule has 0 unspecified atom stereocenters. The fourth-order valence-corrected chi connectivity index (χ4v) is 3.38. The molecule has 1 aliphatic rings. The van der Waals surface area contributed by atoms with E-state index >= 15 is 0 Å². The predicted molar refractivity (Wildman–Crippen MR) is 87.1 cm³/mol. The summed E-state index contributed by atoms with van der Waals surface area (Å²) in [7, 11) is 0. The summed E-state index contributed by atoms with van der Waals surface area (Å²) in [6, 6.07) is 7.71. The average molecular weight is 274 g/mol. The van der Waals surface area contributed by atoms with E-state index in [2.05, 4.69) is 56.1 Å². The molecule has 1 aromatic rings. The average Bonchev–Trinajstić information content (AvgIpc) is 2.37. The Balaban J connectivity index is 2.09. The molecule has 2 rings (SSSR count). The van der Waals surface area contributed by atoms with Crippen molar-refractivity contribution in [3.8, 4) is 0 Å². The largest absolute Gasteiger partial charge is 0.317 e. The number of piperidine rings is 1. The molecule has 0 bridgehead atoms. The maximum atomic E-state index is 3.48. The van der Waals surface area contributed by atoms with Crippen molar-refractivity contribution in [2.24, 2.45) is 5.92 Å². The van der Waals surface area contributed by atoms with Gasteiger partial charge in [0.25, 0.3) is 0 Å². The Kier molecular flexibility index (Phi) is 5.62. The minimum absolute atomic E-state index is 0.732. The lowest BCUT2D eigenvalue weighted by Crippen LogP contribution is -2.44. The SMILES string of the molecule is Cc1cc(C)cc(CN(CC(C)C)C2CCNCC2)c1. The van der Waals surface area contributed by atoms with Gasteiger partial charge in [0.05, 0.1) is 0 Å². The Hall–Kier alpha value is -0.860. The van der Waals surface area contributed by atoms with Crippen LogP contribution in [0.5, 0.6) is 0 Å². The zero-order valence-electron chi connectivity index (χ0n) is 13.6. The number of aryl methyl sites for hydroxylation is 2. The van der Waals surface area contributed by atoms with Crippen LogP contribution in [-0.2, 0) is 6.54 Å². The number of hydrogen-bond donors (Lipinski definition) is 1. The van der Waals surface area contributed by atoms with Gasteiger partial charge in [-0.1, -0.05) is 43.2 Å². The number of hydrogen-bond acceptors (Lipinski definition) is 2. The third-order valence-corrected chi connectivity index (χ3v) is 4.09. The monoisotopic (exact) mass is 274 g/mol. The first-order chi connectivity index (χ1) is 9.54. The highest BCUT2D eigenvalue weighted by molar-refractivity contribution is 5.28. The Bertz CT molecular complexity index is 399. The van der Waals surface area contributed by atoms with Crippen LogP contribution in [0.4, 0.5) is 0 Å². The van der Waals surface area contributed by atoms with Crippen molar-refractivity contribution in [3.63, 3.8) is 0 Å². The minimum atomic E-state index is 0.732. The summed E-state index contributed by atoms with van der Waals surface area (Å²) in [4.78, 5) is 2.71. The summed E-state index contributed by atoms with van der Waals surface area (Å²) in [5, 5.41) is 3.48. The topological polar surface area (TPSA) is 15.3 Å². The summed E-state index contributed by atoms with van der Waals surface area (Å²) < 4.78 is 0. The van der Waals surface area contributed by atoms with Gasteiger partial charge < -0.3 is 5.32 Å². The van der Waals surface area contributed by atoms with E-state index in [-0.39, 0.29) is 0 Å². The normalized spacial score (nSPS) is 17.1. The third-order valence-electron chi connectivity index (χ3n) is 4.09. The number of rotatable bonds is 5. The van der Waals surface area contributed by atoms with Crippen LogP contribution in [0, 0.1) is 19.8 Å². The van der Waals surface area contributed by atoms with Crippen molar-refractivity contribution in [1.82, 2.24) is 10.2 Å². The molecule has 1 heterocycles. The lowest BCUT2D eigenvalue weighted by molar-refractivity contribution is 0.137. The molecule has 2 nitrogen and oxygen atoms in total. The maximum absolute atomic E-state index is 3.48. The Morgan fingerprint density at radius 3 is 2.25 bits per heavy atom. The lowest BCUT2D eigenvalue weighted by Gasteiger charge is -2.36. The first-order valence-corrected chi connectivity index (χ1v) is 8.06. The standard InChI is InChI=1S/C18H30N2/c1-14(2)12-20(18-5-7-19-8-6-18)13-17-10-15(3)9-16(4)11-17/h9-11,14,18-19H,5-8,12-13H2,1-4H3. The lowest BCUT2D eigenvalue weighted by atomic mass is 10.0. The van der Waals surface area contributed by atoms with E-state index in [1.807, 2.05) is 0 Å². The van der Waals surface area contributed by atoms with Crippen LogP contribution in [-0.4, -0.2) is 30.6 Å². The predicted octanol–water partition coefficient (Wildman–Crippen LogP) is 3.51. The van der Waals surface area contributed by atoms with Crippen molar-refractivity contribution in [2.75, 3.05) is 19.6 Å². The molecular formula is C18H30N2. The van der Waals surface area contributed by atoms with Crippen LogP contribution in [0.1, 0.15) is 43.4 Å². The summed E-state index contributed by atoms with van der Waals surface area (Å²) >= 11 is 0. The van der Waals surface area contributed by atoms with E-state index in [1.165, 1.54) is 49.2 Å². The van der Waals surface area contributed by atoms with Crippen LogP contribution < -0.4 is 5.32 Å². The molecule has 112 valence electrons. The molecule has 1 fully saturated rings. The van der Waals surface area contributed by atoms with E-state index in [1.54, 1.807) is 0 Å². The first kappa shape index (κ1) is 15.5. The molecule has 0 atom stereocenters. The fraction of sp³-hybridized carbons (Fsp3) is 0.667. The molecule has 0 aliphatic carbocycles. The minimum Gasteiger partial charge on any atom is -0.317 e. The van der Waals surface area contributed by atoms with E-state index < -0.39 is 0 Å². The van der Waals surface area contributed by atoms with Gasteiger partial charge in [0.2, 0.25) is 0 Å². The van der Waals surface area contributed by atoms with Gasteiger partial charge in [-0.05, 0) is 51.3 Å². The summed E-state index contributed by atoms with van der Waals surface area (Å²) in [6.45, 7) is 13.7. The molecule has 0 spiro atoms. The van der Waals surface area contributed by atoms with Crippen molar-refractivity contribution in [3.05, 3.63) is 34.9 Å². The molecule has 1 aliphatic heterocycles. The molecule has 1 aromatic carbocycles. The van der Waals surface area contributed by atoms with Crippen molar-refractivity contribution in [1.29, 1.82) is 0 Å². The van der Waals surface area contributed by atoms with Gasteiger partial charge in [0.15, 0.2) is 0 Å². The molecule has 0 radical (unpaired) electrons. The van der Waals surface area contributed by atoms with Crippen LogP contribution in [0.2, 0.25) is 0 Å². The van der Waals surface area contributed by atoms with E-state index in [9.17, 15) is 0 Å². The second-order valence-electron chi connectivity index (χ2n) is 6.80. The first-order valence-electron chi connectivity index (χ1n) is 8.06. The zero-order valence-corrected chi connectivity index (χ0v) is 13.6. The van der Waals surface area contributed by atoms with E-state index in [0.29, 0.717) is 0 Å². The van der Waals surface area contributed by atoms with E-state index in [0.717, 1.165) is 18.5 Å². The molecule has 1 N–H and O–H groups in total. The summed E-state index contributed by atoms with van der Waals surface area (Å²) in [5.41, 5.74) is 4.24. The number of benzene rings is 1. The molecule has 1 saturated heterocycles. The van der Waals surface area contributed by atoms with Gasteiger partial charge in [-0.15, -0.1) is 0 Å². The number of nitrogens with zero attached hydrogens (tertiary/aromatic N) is 1. The summed E-state index contributed by atoms with van der Waals surface area (Å²) in [6.07, 6.45) is 2.58. The van der Waals surface area contributed by atoms with Crippen molar-refractivity contribution >= 4 is 0 Å². The summed E-state index contributed by atoms with van der Waals surface area (Å²) in [5.74, 6) is 0.732. The third kappa shape index (κ3) is 4.60.